The second kappa shape index (κ2) is 7.31. The van der Waals surface area contributed by atoms with Gasteiger partial charge in [-0.25, -0.2) is 4.79 Å². The maximum Gasteiger partial charge on any atom is 0.356 e. The minimum absolute atomic E-state index is 0.00212. The normalized spacial score (nSPS) is 20.7. The minimum Gasteiger partial charge on any atom is -0.476 e. The van der Waals surface area contributed by atoms with Crippen molar-refractivity contribution in [1.29, 1.82) is 0 Å². The number of carboxylic acids is 1. The predicted octanol–water partition coefficient (Wildman–Crippen LogP) is 0.589. The quantitative estimate of drug-likeness (QED) is 0.845. The molecule has 0 bridgehead atoms. The summed E-state index contributed by atoms with van der Waals surface area (Å²) in [5.41, 5.74) is 1.54. The number of amides is 1. The van der Waals surface area contributed by atoms with Crippen molar-refractivity contribution in [3.05, 3.63) is 17.0 Å². The van der Waals surface area contributed by atoms with Gasteiger partial charge in [0.25, 0.3) is 0 Å². The highest BCUT2D eigenvalue weighted by atomic mass is 16.5. The van der Waals surface area contributed by atoms with Crippen LogP contribution in [0.25, 0.3) is 0 Å². The lowest BCUT2D eigenvalue weighted by atomic mass is 10.1. The molecule has 0 saturated carbocycles. The molecular weight excluding hydrogens is 314 g/mol. The standard InChI is InChI=1S/C16H23N3O5/c1-18-13-5-6-19(8-12(13)15(17-18)16(21)22)14(20)10-23-9-11-4-2-3-7-24-11/h11H,2-10H2,1H3,(H,21,22). The molecule has 8 nitrogen and oxygen atoms in total. The lowest BCUT2D eigenvalue weighted by Crippen LogP contribution is -2.39. The number of rotatable bonds is 5. The fraction of sp³-hybridized carbons (Fsp3) is 0.688. The second-order valence-electron chi connectivity index (χ2n) is 6.27. The lowest BCUT2D eigenvalue weighted by Gasteiger charge is -2.28. The molecule has 1 N–H and O–H groups in total. The zero-order valence-electron chi connectivity index (χ0n) is 13.9. The molecule has 1 atom stereocenters. The number of carbonyl (C=O) groups is 2. The third-order valence-electron chi connectivity index (χ3n) is 4.60. The first kappa shape index (κ1) is 16.9. The largest absolute Gasteiger partial charge is 0.476 e. The topological polar surface area (TPSA) is 93.9 Å². The van der Waals surface area contributed by atoms with E-state index >= 15 is 0 Å². The number of fused-ring (bicyclic) bond motifs is 1. The zero-order chi connectivity index (χ0) is 17.1. The van der Waals surface area contributed by atoms with E-state index in [1.807, 2.05) is 0 Å². The van der Waals surface area contributed by atoms with Gasteiger partial charge in [0.15, 0.2) is 5.69 Å². The van der Waals surface area contributed by atoms with E-state index < -0.39 is 5.97 Å². The van der Waals surface area contributed by atoms with Gasteiger partial charge in [0.2, 0.25) is 5.91 Å². The SMILES string of the molecule is Cn1nc(C(=O)O)c2c1CCN(C(=O)COCC1CCCCO1)C2. The number of ether oxygens (including phenoxy) is 2. The molecule has 2 aliphatic rings. The van der Waals surface area contributed by atoms with Crippen LogP contribution < -0.4 is 0 Å². The van der Waals surface area contributed by atoms with Gasteiger partial charge in [0, 0.05) is 44.4 Å². The first-order valence-electron chi connectivity index (χ1n) is 8.31. The molecule has 0 radical (unpaired) electrons. The number of carboxylic acid groups (broad SMARTS) is 1. The van der Waals surface area contributed by atoms with Crippen molar-refractivity contribution in [3.63, 3.8) is 0 Å². The third-order valence-corrected chi connectivity index (χ3v) is 4.60. The Hall–Kier alpha value is -1.93. The van der Waals surface area contributed by atoms with Crippen LogP contribution in [0.15, 0.2) is 0 Å². The van der Waals surface area contributed by atoms with E-state index in [4.69, 9.17) is 9.47 Å². The first-order chi connectivity index (χ1) is 11.6. The van der Waals surface area contributed by atoms with E-state index in [1.165, 1.54) is 0 Å². The highest BCUT2D eigenvalue weighted by Crippen LogP contribution is 2.22. The van der Waals surface area contributed by atoms with Gasteiger partial charge < -0.3 is 19.5 Å². The number of carbonyl (C=O) groups excluding carboxylic acids is 1. The summed E-state index contributed by atoms with van der Waals surface area (Å²) >= 11 is 0. The summed E-state index contributed by atoms with van der Waals surface area (Å²) in [4.78, 5) is 25.3. The van der Waals surface area contributed by atoms with Gasteiger partial charge in [-0.2, -0.15) is 5.10 Å². The van der Waals surface area contributed by atoms with Crippen molar-refractivity contribution in [2.24, 2.45) is 7.05 Å². The van der Waals surface area contributed by atoms with Crippen molar-refractivity contribution in [2.75, 3.05) is 26.4 Å². The summed E-state index contributed by atoms with van der Waals surface area (Å²) in [5, 5.41) is 13.3. The van der Waals surface area contributed by atoms with Crippen LogP contribution in [0.2, 0.25) is 0 Å². The molecule has 0 aromatic carbocycles. The number of aryl methyl sites for hydroxylation is 1. The summed E-state index contributed by atoms with van der Waals surface area (Å²) in [7, 11) is 1.73. The van der Waals surface area contributed by atoms with Crippen LogP contribution in [0.5, 0.6) is 0 Å². The number of aromatic nitrogens is 2. The molecule has 1 aromatic rings. The summed E-state index contributed by atoms with van der Waals surface area (Å²) in [6.45, 7) is 2.01. The second-order valence-corrected chi connectivity index (χ2v) is 6.27. The molecule has 1 amide bonds. The summed E-state index contributed by atoms with van der Waals surface area (Å²) in [5.74, 6) is -1.19. The van der Waals surface area contributed by atoms with Crippen LogP contribution in [0.4, 0.5) is 0 Å². The Balaban J connectivity index is 1.54. The van der Waals surface area contributed by atoms with Crippen LogP contribution in [0, 0.1) is 0 Å². The lowest BCUT2D eigenvalue weighted by molar-refractivity contribution is -0.139. The van der Waals surface area contributed by atoms with Crippen molar-refractivity contribution in [3.8, 4) is 0 Å². The van der Waals surface area contributed by atoms with E-state index in [0.29, 0.717) is 25.1 Å². The molecule has 0 spiro atoms. The van der Waals surface area contributed by atoms with Crippen LogP contribution in [0.1, 0.15) is 41.0 Å². The van der Waals surface area contributed by atoms with Crippen LogP contribution in [0.3, 0.4) is 0 Å². The van der Waals surface area contributed by atoms with Crippen molar-refractivity contribution >= 4 is 11.9 Å². The maximum atomic E-state index is 12.3. The van der Waals surface area contributed by atoms with Gasteiger partial charge in [-0.1, -0.05) is 0 Å². The average Bonchev–Trinajstić information content (AvgIpc) is 2.92. The van der Waals surface area contributed by atoms with Gasteiger partial charge in [0.05, 0.1) is 12.7 Å². The molecule has 1 saturated heterocycles. The fourth-order valence-electron chi connectivity index (χ4n) is 3.28. The van der Waals surface area contributed by atoms with Crippen molar-refractivity contribution in [1.82, 2.24) is 14.7 Å². The highest BCUT2D eigenvalue weighted by molar-refractivity contribution is 5.88. The Bertz CT molecular complexity index is 621. The Morgan fingerprint density at radius 2 is 2.25 bits per heavy atom. The molecule has 132 valence electrons. The average molecular weight is 337 g/mol. The molecule has 0 aliphatic carbocycles. The number of nitrogens with zero attached hydrogens (tertiary/aromatic N) is 3. The predicted molar refractivity (Wildman–Crippen MR) is 83.7 cm³/mol. The monoisotopic (exact) mass is 337 g/mol. The van der Waals surface area contributed by atoms with Crippen LogP contribution >= 0.6 is 0 Å². The fourth-order valence-corrected chi connectivity index (χ4v) is 3.28. The summed E-state index contributed by atoms with van der Waals surface area (Å²) in [6, 6.07) is 0. The molecule has 2 aliphatic heterocycles. The third kappa shape index (κ3) is 3.59. The van der Waals surface area contributed by atoms with Gasteiger partial charge in [-0.05, 0) is 19.3 Å². The molecular formula is C16H23N3O5. The zero-order valence-corrected chi connectivity index (χ0v) is 13.9. The highest BCUT2D eigenvalue weighted by Gasteiger charge is 2.29. The van der Waals surface area contributed by atoms with Crippen molar-refractivity contribution < 1.29 is 24.2 Å². The molecule has 3 rings (SSSR count). The number of hydrogen-bond donors (Lipinski definition) is 1. The molecule has 24 heavy (non-hydrogen) atoms. The number of aromatic carboxylic acids is 1. The van der Waals surface area contributed by atoms with E-state index in [2.05, 4.69) is 5.10 Å². The first-order valence-corrected chi connectivity index (χ1v) is 8.31. The Kier molecular flexibility index (Phi) is 5.15. The molecule has 1 fully saturated rings. The molecule has 8 heteroatoms. The van der Waals surface area contributed by atoms with Crippen LogP contribution in [-0.4, -0.2) is 64.1 Å². The Morgan fingerprint density at radius 3 is 2.96 bits per heavy atom. The van der Waals surface area contributed by atoms with E-state index in [0.717, 1.165) is 31.6 Å². The number of hydrogen-bond acceptors (Lipinski definition) is 5. The van der Waals surface area contributed by atoms with E-state index in [9.17, 15) is 14.7 Å². The van der Waals surface area contributed by atoms with Gasteiger partial charge in [-0.3, -0.25) is 9.48 Å². The van der Waals surface area contributed by atoms with E-state index in [-0.39, 0.29) is 30.9 Å². The molecule has 1 unspecified atom stereocenters. The van der Waals surface area contributed by atoms with Gasteiger partial charge in [0.1, 0.15) is 6.61 Å². The van der Waals surface area contributed by atoms with Crippen LogP contribution in [-0.2, 0) is 34.3 Å². The smallest absolute Gasteiger partial charge is 0.356 e. The van der Waals surface area contributed by atoms with Gasteiger partial charge in [-0.15, -0.1) is 0 Å². The Morgan fingerprint density at radius 1 is 1.42 bits per heavy atom. The molecule has 3 heterocycles. The Labute approximate surface area is 140 Å². The molecule has 1 aromatic heterocycles. The summed E-state index contributed by atoms with van der Waals surface area (Å²) < 4.78 is 12.7. The van der Waals surface area contributed by atoms with Crippen molar-refractivity contribution in [2.45, 2.75) is 38.3 Å². The maximum absolute atomic E-state index is 12.3. The summed E-state index contributed by atoms with van der Waals surface area (Å²) in [6.07, 6.45) is 3.87. The van der Waals surface area contributed by atoms with E-state index in [1.54, 1.807) is 16.6 Å². The van der Waals surface area contributed by atoms with Gasteiger partial charge >= 0.3 is 5.97 Å². The minimum atomic E-state index is -1.06.